The first-order chi connectivity index (χ1) is 11.8. The van der Waals surface area contributed by atoms with Crippen molar-refractivity contribution in [2.75, 3.05) is 0 Å². The van der Waals surface area contributed by atoms with Crippen LogP contribution in [0.25, 0.3) is 0 Å². The molecule has 5 heteroatoms. The van der Waals surface area contributed by atoms with E-state index in [1.165, 1.54) is 0 Å². The Kier molecular flexibility index (Phi) is 4.01. The van der Waals surface area contributed by atoms with Crippen molar-refractivity contribution in [2.24, 2.45) is 4.99 Å². The van der Waals surface area contributed by atoms with Crippen molar-refractivity contribution in [3.8, 4) is 5.75 Å². The van der Waals surface area contributed by atoms with Gasteiger partial charge in [-0.25, -0.2) is 4.99 Å². The Morgan fingerprint density at radius 1 is 0.917 bits per heavy atom. The number of pyridine rings is 2. The van der Waals surface area contributed by atoms with E-state index in [4.69, 9.17) is 4.99 Å². The van der Waals surface area contributed by atoms with Gasteiger partial charge in [0.05, 0.1) is 16.6 Å². The van der Waals surface area contributed by atoms with Crippen LogP contribution in [0.4, 0.5) is 5.69 Å². The summed E-state index contributed by atoms with van der Waals surface area (Å²) >= 11 is 1.74. The van der Waals surface area contributed by atoms with E-state index in [-0.39, 0.29) is 11.0 Å². The molecule has 3 heterocycles. The maximum absolute atomic E-state index is 10.2. The van der Waals surface area contributed by atoms with Gasteiger partial charge in [-0.15, -0.1) is 11.8 Å². The third kappa shape index (κ3) is 2.90. The van der Waals surface area contributed by atoms with E-state index in [0.717, 1.165) is 28.4 Å². The lowest BCUT2D eigenvalue weighted by Gasteiger charge is -2.24. The Morgan fingerprint density at radius 3 is 2.58 bits per heavy atom. The van der Waals surface area contributed by atoms with Crippen LogP contribution in [0.15, 0.2) is 76.9 Å². The zero-order chi connectivity index (χ0) is 16.4. The first kappa shape index (κ1) is 14.9. The molecule has 0 bridgehead atoms. The van der Waals surface area contributed by atoms with E-state index in [1.807, 2.05) is 36.4 Å². The van der Waals surface area contributed by atoms with Crippen molar-refractivity contribution in [3.63, 3.8) is 0 Å². The van der Waals surface area contributed by atoms with E-state index in [2.05, 4.69) is 16.0 Å². The monoisotopic (exact) mass is 333 g/mol. The molecule has 2 aromatic heterocycles. The summed E-state index contributed by atoms with van der Waals surface area (Å²) in [4.78, 5) is 14.7. The molecule has 1 unspecified atom stereocenters. The highest BCUT2D eigenvalue weighted by atomic mass is 32.2. The Bertz CT molecular complexity index is 896. The van der Waals surface area contributed by atoms with Gasteiger partial charge in [0.1, 0.15) is 11.4 Å². The van der Waals surface area contributed by atoms with Gasteiger partial charge in [-0.1, -0.05) is 18.2 Å². The predicted molar refractivity (Wildman–Crippen MR) is 96.1 cm³/mol. The van der Waals surface area contributed by atoms with Gasteiger partial charge in [0, 0.05) is 29.4 Å². The summed E-state index contributed by atoms with van der Waals surface area (Å²) in [6.45, 7) is 0. The van der Waals surface area contributed by atoms with Crippen LogP contribution < -0.4 is 0 Å². The third-order valence-electron chi connectivity index (χ3n) is 3.83. The van der Waals surface area contributed by atoms with E-state index in [1.54, 1.807) is 36.3 Å². The number of hydrogen-bond donors (Lipinski definition) is 1. The molecule has 0 fully saturated rings. The lowest BCUT2D eigenvalue weighted by Crippen LogP contribution is -2.24. The predicted octanol–water partition coefficient (Wildman–Crippen LogP) is 4.02. The van der Waals surface area contributed by atoms with E-state index < -0.39 is 0 Å². The standard InChI is InChI=1S/C19H15N3OS/c23-15-8-5-11-21-18(15)19-17(12-13-6-3-4-10-20-13)24-16-9-2-1-7-14(16)22-19/h1-11,17,23H,12H2. The quantitative estimate of drug-likeness (QED) is 0.786. The Labute approximate surface area is 144 Å². The fourth-order valence-electron chi connectivity index (χ4n) is 2.71. The summed E-state index contributed by atoms with van der Waals surface area (Å²) in [6, 6.07) is 17.3. The zero-order valence-corrected chi connectivity index (χ0v) is 13.6. The summed E-state index contributed by atoms with van der Waals surface area (Å²) in [5.74, 6) is 0.155. The molecule has 1 atom stereocenters. The van der Waals surface area contributed by atoms with Gasteiger partial charge in [-0.05, 0) is 36.4 Å². The van der Waals surface area contributed by atoms with E-state index in [9.17, 15) is 5.11 Å². The van der Waals surface area contributed by atoms with Crippen LogP contribution in [0.1, 0.15) is 11.4 Å². The minimum Gasteiger partial charge on any atom is -0.506 e. The van der Waals surface area contributed by atoms with Crippen LogP contribution in [0, 0.1) is 0 Å². The summed E-state index contributed by atoms with van der Waals surface area (Å²) in [5.41, 5.74) is 3.25. The number of thioether (sulfide) groups is 1. The van der Waals surface area contributed by atoms with Crippen molar-refractivity contribution < 1.29 is 5.11 Å². The number of hydrogen-bond acceptors (Lipinski definition) is 5. The van der Waals surface area contributed by atoms with Gasteiger partial charge < -0.3 is 5.11 Å². The second kappa shape index (κ2) is 6.45. The summed E-state index contributed by atoms with van der Waals surface area (Å²) in [6.07, 6.45) is 4.21. The SMILES string of the molecule is Oc1cccnc1C1=Nc2ccccc2SC1Cc1ccccn1. The highest BCUT2D eigenvalue weighted by Crippen LogP contribution is 2.40. The number of benzene rings is 1. The summed E-state index contributed by atoms with van der Waals surface area (Å²) < 4.78 is 0. The number of fused-ring (bicyclic) bond motifs is 1. The van der Waals surface area contributed by atoms with Crippen LogP contribution in [0.2, 0.25) is 0 Å². The molecule has 118 valence electrons. The average Bonchev–Trinajstić information content (AvgIpc) is 2.63. The Hall–Kier alpha value is -2.66. The molecular formula is C19H15N3OS. The summed E-state index contributed by atoms with van der Waals surface area (Å²) in [5, 5.41) is 10.3. The molecule has 0 radical (unpaired) electrons. The van der Waals surface area contributed by atoms with Gasteiger partial charge in [-0.2, -0.15) is 0 Å². The average molecular weight is 333 g/mol. The Morgan fingerprint density at radius 2 is 1.75 bits per heavy atom. The molecule has 0 amide bonds. The molecule has 4 rings (SSSR count). The van der Waals surface area contributed by atoms with Crippen molar-refractivity contribution >= 4 is 23.2 Å². The number of nitrogens with zero attached hydrogens (tertiary/aromatic N) is 3. The minimum atomic E-state index is 0.0515. The van der Waals surface area contributed by atoms with Crippen molar-refractivity contribution in [1.29, 1.82) is 0 Å². The van der Waals surface area contributed by atoms with Crippen LogP contribution in [0.5, 0.6) is 5.75 Å². The maximum atomic E-state index is 10.2. The van der Waals surface area contributed by atoms with Gasteiger partial charge in [0.15, 0.2) is 0 Å². The molecule has 1 aliphatic heterocycles. The highest BCUT2D eigenvalue weighted by Gasteiger charge is 2.28. The lowest BCUT2D eigenvalue weighted by molar-refractivity contribution is 0.471. The smallest absolute Gasteiger partial charge is 0.143 e. The van der Waals surface area contributed by atoms with E-state index >= 15 is 0 Å². The first-order valence-corrected chi connectivity index (χ1v) is 8.58. The number of para-hydroxylation sites is 1. The number of aliphatic imine (C=N–C) groups is 1. The fraction of sp³-hybridized carbons (Fsp3) is 0.105. The van der Waals surface area contributed by atoms with Crippen LogP contribution in [0.3, 0.4) is 0 Å². The maximum Gasteiger partial charge on any atom is 0.143 e. The molecule has 0 aliphatic carbocycles. The van der Waals surface area contributed by atoms with Gasteiger partial charge in [0.25, 0.3) is 0 Å². The van der Waals surface area contributed by atoms with Crippen LogP contribution in [-0.2, 0) is 6.42 Å². The van der Waals surface area contributed by atoms with E-state index in [0.29, 0.717) is 5.69 Å². The van der Waals surface area contributed by atoms with Gasteiger partial charge >= 0.3 is 0 Å². The van der Waals surface area contributed by atoms with Crippen molar-refractivity contribution in [3.05, 3.63) is 78.4 Å². The number of aromatic hydroxyl groups is 1. The number of aromatic nitrogens is 2. The van der Waals surface area contributed by atoms with Crippen molar-refractivity contribution in [2.45, 2.75) is 16.6 Å². The topological polar surface area (TPSA) is 58.4 Å². The number of rotatable bonds is 3. The molecule has 1 N–H and O–H groups in total. The largest absolute Gasteiger partial charge is 0.506 e. The van der Waals surface area contributed by atoms with Gasteiger partial charge in [-0.3, -0.25) is 9.97 Å². The molecule has 1 aromatic carbocycles. The van der Waals surface area contributed by atoms with Crippen LogP contribution in [-0.4, -0.2) is 26.0 Å². The van der Waals surface area contributed by atoms with Gasteiger partial charge in [0.2, 0.25) is 0 Å². The lowest BCUT2D eigenvalue weighted by atomic mass is 10.1. The molecule has 0 saturated carbocycles. The summed E-state index contributed by atoms with van der Waals surface area (Å²) in [7, 11) is 0. The second-order valence-electron chi connectivity index (χ2n) is 5.47. The highest BCUT2D eigenvalue weighted by molar-refractivity contribution is 8.01. The second-order valence-corrected chi connectivity index (χ2v) is 6.71. The molecule has 3 aromatic rings. The van der Waals surface area contributed by atoms with Crippen molar-refractivity contribution in [1.82, 2.24) is 9.97 Å². The molecule has 0 spiro atoms. The molecular weight excluding hydrogens is 318 g/mol. The minimum absolute atomic E-state index is 0.0515. The Balaban J connectivity index is 1.78. The fourth-order valence-corrected chi connectivity index (χ4v) is 3.93. The first-order valence-electron chi connectivity index (χ1n) is 7.70. The third-order valence-corrected chi connectivity index (χ3v) is 5.10. The normalized spacial score (nSPS) is 16.3. The molecule has 24 heavy (non-hydrogen) atoms. The molecule has 4 nitrogen and oxygen atoms in total. The molecule has 0 saturated heterocycles. The zero-order valence-electron chi connectivity index (χ0n) is 12.8. The molecule has 1 aliphatic rings. The van der Waals surface area contributed by atoms with Crippen LogP contribution >= 0.6 is 11.8 Å².